The Kier molecular flexibility index (Phi) is 4.33. The van der Waals surface area contributed by atoms with E-state index in [2.05, 4.69) is 46.6 Å². The molecule has 0 saturated heterocycles. The lowest BCUT2D eigenvalue weighted by atomic mass is 9.97. The van der Waals surface area contributed by atoms with Gasteiger partial charge in [-0.25, -0.2) is 0 Å². The van der Waals surface area contributed by atoms with Crippen molar-refractivity contribution in [2.75, 3.05) is 20.1 Å². The first kappa shape index (κ1) is 17.3. The van der Waals surface area contributed by atoms with Crippen LogP contribution in [0.4, 0.5) is 0 Å². The predicted octanol–water partition coefficient (Wildman–Crippen LogP) is 3.28. The molecule has 0 amide bonds. The van der Waals surface area contributed by atoms with Crippen LogP contribution in [0.1, 0.15) is 29.3 Å². The van der Waals surface area contributed by atoms with Crippen LogP contribution in [0, 0.1) is 6.92 Å². The van der Waals surface area contributed by atoms with Gasteiger partial charge in [-0.3, -0.25) is 4.98 Å². The third-order valence-electron chi connectivity index (χ3n) is 5.67. The van der Waals surface area contributed by atoms with Crippen molar-refractivity contribution >= 4 is 10.9 Å². The maximum Gasteiger partial charge on any atom is 0.106 e. The second kappa shape index (κ2) is 6.53. The monoisotopic (exact) mass is 349 g/mol. The molecule has 0 fully saturated rings. The molecule has 1 N–H and O–H groups in total. The zero-order chi connectivity index (χ0) is 18.3. The molecule has 1 aliphatic rings. The summed E-state index contributed by atoms with van der Waals surface area (Å²) in [5, 5.41) is 12.6. The molecule has 0 bridgehead atoms. The molecule has 1 atom stereocenters. The largest absolute Gasteiger partial charge is 0.384 e. The number of aromatic nitrogens is 2. The minimum Gasteiger partial charge on any atom is -0.384 e. The van der Waals surface area contributed by atoms with Crippen molar-refractivity contribution in [3.8, 4) is 0 Å². The van der Waals surface area contributed by atoms with E-state index in [1.807, 2.05) is 19.1 Å². The van der Waals surface area contributed by atoms with Crippen molar-refractivity contribution in [3.63, 3.8) is 0 Å². The molecule has 0 radical (unpaired) electrons. The van der Waals surface area contributed by atoms with Crippen LogP contribution in [0.2, 0.25) is 0 Å². The molecule has 0 spiro atoms. The van der Waals surface area contributed by atoms with Crippen molar-refractivity contribution in [1.82, 2.24) is 14.5 Å². The fourth-order valence-corrected chi connectivity index (χ4v) is 4.13. The summed E-state index contributed by atoms with van der Waals surface area (Å²) in [6.45, 7) is 6.71. The Morgan fingerprint density at radius 1 is 1.19 bits per heavy atom. The summed E-state index contributed by atoms with van der Waals surface area (Å²) in [6, 6.07) is 10.5. The van der Waals surface area contributed by atoms with E-state index in [1.54, 1.807) is 12.4 Å². The Morgan fingerprint density at radius 2 is 2.00 bits per heavy atom. The molecule has 136 valence electrons. The van der Waals surface area contributed by atoms with Crippen LogP contribution in [-0.2, 0) is 25.0 Å². The highest BCUT2D eigenvalue weighted by molar-refractivity contribution is 5.86. The number of benzene rings is 1. The summed E-state index contributed by atoms with van der Waals surface area (Å²) in [4.78, 5) is 6.58. The van der Waals surface area contributed by atoms with E-state index in [0.29, 0.717) is 6.54 Å². The van der Waals surface area contributed by atoms with E-state index < -0.39 is 5.60 Å². The molecular formula is C22H27N3O. The van der Waals surface area contributed by atoms with Gasteiger partial charge in [-0.05, 0) is 51.1 Å². The first-order valence-electron chi connectivity index (χ1n) is 9.38. The van der Waals surface area contributed by atoms with Gasteiger partial charge in [0.25, 0.3) is 0 Å². The maximum atomic E-state index is 11.2. The second-order valence-corrected chi connectivity index (χ2v) is 7.85. The third kappa shape index (κ3) is 3.04. The average Bonchev–Trinajstić information content (AvgIpc) is 2.76. The first-order chi connectivity index (χ1) is 12.5. The topological polar surface area (TPSA) is 41.3 Å². The van der Waals surface area contributed by atoms with Gasteiger partial charge in [-0.15, -0.1) is 0 Å². The van der Waals surface area contributed by atoms with E-state index >= 15 is 0 Å². The number of hydrogen-bond donors (Lipinski definition) is 1. The van der Waals surface area contributed by atoms with Crippen LogP contribution in [0.3, 0.4) is 0 Å². The molecule has 4 heteroatoms. The summed E-state index contributed by atoms with van der Waals surface area (Å²) in [7, 11) is 2.19. The van der Waals surface area contributed by atoms with Crippen molar-refractivity contribution in [2.24, 2.45) is 0 Å². The SMILES string of the molecule is Cc1ccc2c(c1)c1c(n2CC(C)(O)c2cccnc2)CCN(C)CC1. The minimum atomic E-state index is -0.961. The average molecular weight is 349 g/mol. The van der Waals surface area contributed by atoms with Gasteiger partial charge in [-0.1, -0.05) is 17.7 Å². The highest BCUT2D eigenvalue weighted by Crippen LogP contribution is 2.33. The van der Waals surface area contributed by atoms with Crippen molar-refractivity contribution in [1.29, 1.82) is 0 Å². The van der Waals surface area contributed by atoms with E-state index in [0.717, 1.165) is 31.5 Å². The zero-order valence-corrected chi connectivity index (χ0v) is 15.9. The fraction of sp³-hybridized carbons (Fsp3) is 0.409. The lowest BCUT2D eigenvalue weighted by molar-refractivity contribution is 0.0384. The molecule has 3 heterocycles. The standard InChI is InChI=1S/C22H27N3O/c1-16-6-7-20-19(13-16)18-8-11-24(3)12-9-21(18)25(20)15-22(2,26)17-5-4-10-23-14-17/h4-7,10,13-14,26H,8-9,11-12,15H2,1-3H3. The van der Waals surface area contributed by atoms with Crippen molar-refractivity contribution < 1.29 is 5.11 Å². The van der Waals surface area contributed by atoms with Gasteiger partial charge in [0.05, 0.1) is 6.54 Å². The highest BCUT2D eigenvalue weighted by Gasteiger charge is 2.28. The molecule has 2 aromatic heterocycles. The van der Waals surface area contributed by atoms with Gasteiger partial charge < -0.3 is 14.6 Å². The first-order valence-corrected chi connectivity index (χ1v) is 9.38. The summed E-state index contributed by atoms with van der Waals surface area (Å²) in [5.41, 5.74) is 5.24. The third-order valence-corrected chi connectivity index (χ3v) is 5.67. The van der Waals surface area contributed by atoms with Gasteiger partial charge in [0.1, 0.15) is 5.60 Å². The van der Waals surface area contributed by atoms with Crippen LogP contribution >= 0.6 is 0 Å². The van der Waals surface area contributed by atoms with Crippen molar-refractivity contribution in [2.45, 2.75) is 38.8 Å². The van der Waals surface area contributed by atoms with Gasteiger partial charge in [0.15, 0.2) is 0 Å². The molecule has 26 heavy (non-hydrogen) atoms. The Labute approximate surface area is 155 Å². The van der Waals surface area contributed by atoms with E-state index in [1.165, 1.54) is 27.7 Å². The number of rotatable bonds is 3. The summed E-state index contributed by atoms with van der Waals surface area (Å²) in [5.74, 6) is 0. The molecule has 1 aromatic carbocycles. The Morgan fingerprint density at radius 3 is 2.77 bits per heavy atom. The number of likely N-dealkylation sites (N-methyl/N-ethyl adjacent to an activating group) is 1. The van der Waals surface area contributed by atoms with E-state index in [4.69, 9.17) is 0 Å². The number of pyridine rings is 1. The van der Waals surface area contributed by atoms with E-state index in [-0.39, 0.29) is 0 Å². The lowest BCUT2D eigenvalue weighted by Crippen LogP contribution is -2.29. The Balaban J connectivity index is 1.84. The zero-order valence-electron chi connectivity index (χ0n) is 15.9. The number of aryl methyl sites for hydroxylation is 1. The molecule has 4 nitrogen and oxygen atoms in total. The normalized spacial score (nSPS) is 17.7. The Hall–Kier alpha value is -2.17. The van der Waals surface area contributed by atoms with E-state index in [9.17, 15) is 5.11 Å². The molecular weight excluding hydrogens is 322 g/mol. The predicted molar refractivity (Wildman–Crippen MR) is 105 cm³/mol. The van der Waals surface area contributed by atoms with Gasteiger partial charge in [-0.2, -0.15) is 0 Å². The molecule has 0 saturated carbocycles. The molecule has 0 aliphatic carbocycles. The fourth-order valence-electron chi connectivity index (χ4n) is 4.13. The second-order valence-electron chi connectivity index (χ2n) is 7.85. The van der Waals surface area contributed by atoms with Gasteiger partial charge in [0.2, 0.25) is 0 Å². The molecule has 1 aliphatic heterocycles. The highest BCUT2D eigenvalue weighted by atomic mass is 16.3. The molecule has 3 aromatic rings. The lowest BCUT2D eigenvalue weighted by Gasteiger charge is -2.26. The molecule has 4 rings (SSSR count). The summed E-state index contributed by atoms with van der Waals surface area (Å²) in [6.07, 6.45) is 5.59. The van der Waals surface area contributed by atoms with Gasteiger partial charge in [0, 0.05) is 54.1 Å². The Bertz CT molecular complexity index is 927. The van der Waals surface area contributed by atoms with Crippen molar-refractivity contribution in [3.05, 3.63) is 65.1 Å². The van der Waals surface area contributed by atoms with Crippen LogP contribution in [0.15, 0.2) is 42.7 Å². The van der Waals surface area contributed by atoms with Gasteiger partial charge >= 0.3 is 0 Å². The van der Waals surface area contributed by atoms with Crippen LogP contribution in [-0.4, -0.2) is 39.7 Å². The number of hydrogen-bond acceptors (Lipinski definition) is 3. The summed E-state index contributed by atoms with van der Waals surface area (Å²) < 4.78 is 2.34. The van der Waals surface area contributed by atoms with Crippen LogP contribution in [0.25, 0.3) is 10.9 Å². The van der Waals surface area contributed by atoms with Crippen LogP contribution < -0.4 is 0 Å². The number of nitrogens with zero attached hydrogens (tertiary/aromatic N) is 3. The smallest absolute Gasteiger partial charge is 0.106 e. The number of fused-ring (bicyclic) bond motifs is 3. The number of aliphatic hydroxyl groups is 1. The maximum absolute atomic E-state index is 11.2. The molecule has 1 unspecified atom stereocenters. The summed E-state index contributed by atoms with van der Waals surface area (Å²) >= 11 is 0. The quantitative estimate of drug-likeness (QED) is 0.789. The minimum absolute atomic E-state index is 0.539. The van der Waals surface area contributed by atoms with Crippen LogP contribution in [0.5, 0.6) is 0 Å².